The van der Waals surface area contributed by atoms with Crippen LogP contribution in [0.5, 0.6) is 11.5 Å². The Kier molecular flexibility index (Phi) is 10.3. The summed E-state index contributed by atoms with van der Waals surface area (Å²) in [7, 11) is 0. The molecule has 7 nitrogen and oxygen atoms in total. The number of halogens is 1. The molecule has 0 aliphatic carbocycles. The van der Waals surface area contributed by atoms with Crippen LogP contribution in [-0.2, 0) is 4.79 Å². The van der Waals surface area contributed by atoms with Gasteiger partial charge in [0.25, 0.3) is 11.8 Å². The summed E-state index contributed by atoms with van der Waals surface area (Å²) >= 11 is 8.66. The molecule has 3 rings (SSSR count). The number of thiocarbonyl (C=S) groups is 1. The summed E-state index contributed by atoms with van der Waals surface area (Å²) in [4.78, 5) is 24.8. The van der Waals surface area contributed by atoms with Gasteiger partial charge in [-0.1, -0.05) is 68.7 Å². The van der Waals surface area contributed by atoms with Crippen molar-refractivity contribution in [2.45, 2.75) is 32.6 Å². The van der Waals surface area contributed by atoms with Gasteiger partial charge in [0.2, 0.25) is 0 Å². The minimum atomic E-state index is -0.461. The summed E-state index contributed by atoms with van der Waals surface area (Å²) in [6.45, 7) is 2.45. The fourth-order valence-corrected chi connectivity index (χ4v) is 4.08. The lowest BCUT2D eigenvalue weighted by atomic mass is 10.1. The molecule has 0 aliphatic rings. The SMILES string of the molecule is CCCCCCOc1ccccc1C(=O)NC(=S)NNC(=O)COc1ccc2ccccc2c1Br. The van der Waals surface area contributed by atoms with Gasteiger partial charge in [0.1, 0.15) is 11.5 Å². The Morgan fingerprint density at radius 1 is 0.886 bits per heavy atom. The molecule has 0 bridgehead atoms. The van der Waals surface area contributed by atoms with Gasteiger partial charge >= 0.3 is 0 Å². The molecule has 0 unspecified atom stereocenters. The fraction of sp³-hybridized carbons (Fsp3) is 0.269. The molecule has 0 fully saturated rings. The zero-order valence-corrected chi connectivity index (χ0v) is 21.8. The van der Waals surface area contributed by atoms with E-state index in [2.05, 4.69) is 39.0 Å². The lowest BCUT2D eigenvalue weighted by Crippen LogP contribution is -2.49. The van der Waals surface area contributed by atoms with E-state index >= 15 is 0 Å². The maximum Gasteiger partial charge on any atom is 0.276 e. The van der Waals surface area contributed by atoms with Crippen molar-refractivity contribution in [3.8, 4) is 11.5 Å². The third kappa shape index (κ3) is 7.93. The Bertz CT molecular complexity index is 1190. The molecule has 3 N–H and O–H groups in total. The van der Waals surface area contributed by atoms with Crippen molar-refractivity contribution < 1.29 is 19.1 Å². The van der Waals surface area contributed by atoms with Crippen molar-refractivity contribution in [3.63, 3.8) is 0 Å². The van der Waals surface area contributed by atoms with Crippen LogP contribution in [0.25, 0.3) is 10.8 Å². The predicted molar refractivity (Wildman–Crippen MR) is 145 cm³/mol. The van der Waals surface area contributed by atoms with Crippen LogP contribution >= 0.6 is 28.1 Å². The number of hydrazine groups is 1. The summed E-state index contributed by atoms with van der Waals surface area (Å²) in [5.74, 6) is 0.137. The smallest absolute Gasteiger partial charge is 0.276 e. The van der Waals surface area contributed by atoms with E-state index in [0.717, 1.165) is 40.9 Å². The van der Waals surface area contributed by atoms with E-state index in [1.165, 1.54) is 0 Å². The van der Waals surface area contributed by atoms with Crippen molar-refractivity contribution in [3.05, 3.63) is 70.7 Å². The molecule has 0 aliphatic heterocycles. The topological polar surface area (TPSA) is 88.7 Å². The average molecular weight is 558 g/mol. The Balaban J connectivity index is 1.45. The van der Waals surface area contributed by atoms with Crippen molar-refractivity contribution in [1.29, 1.82) is 0 Å². The zero-order chi connectivity index (χ0) is 25.0. The third-order valence-corrected chi connectivity index (χ3v) is 6.14. The third-order valence-electron chi connectivity index (χ3n) is 5.12. The molecule has 0 heterocycles. The van der Waals surface area contributed by atoms with E-state index in [1.54, 1.807) is 24.3 Å². The van der Waals surface area contributed by atoms with E-state index in [0.29, 0.717) is 23.7 Å². The highest BCUT2D eigenvalue weighted by atomic mass is 79.9. The van der Waals surface area contributed by atoms with Gasteiger partial charge in [0.15, 0.2) is 11.7 Å². The van der Waals surface area contributed by atoms with E-state index in [9.17, 15) is 9.59 Å². The summed E-state index contributed by atoms with van der Waals surface area (Å²) in [6.07, 6.45) is 4.31. The number of benzene rings is 3. The van der Waals surface area contributed by atoms with Crippen LogP contribution < -0.4 is 25.6 Å². The van der Waals surface area contributed by atoms with Crippen molar-refractivity contribution in [2.75, 3.05) is 13.2 Å². The maximum atomic E-state index is 12.6. The van der Waals surface area contributed by atoms with Crippen molar-refractivity contribution in [2.24, 2.45) is 0 Å². The van der Waals surface area contributed by atoms with Crippen LogP contribution in [0.2, 0.25) is 0 Å². The highest BCUT2D eigenvalue weighted by Crippen LogP contribution is 2.32. The standard InChI is InChI=1S/C26H28BrN3O4S/c1-2-3-4-9-16-33-21-13-8-7-12-20(21)25(32)28-26(35)30-29-23(31)17-34-22-15-14-18-10-5-6-11-19(18)24(22)27/h5-8,10-15H,2-4,9,16-17H2,1H3,(H,29,31)(H2,28,30,32,35). The van der Waals surface area contributed by atoms with Gasteiger partial charge in [-0.3, -0.25) is 25.8 Å². The average Bonchev–Trinajstić information content (AvgIpc) is 2.87. The van der Waals surface area contributed by atoms with Crippen LogP contribution in [0.3, 0.4) is 0 Å². The summed E-state index contributed by atoms with van der Waals surface area (Å²) in [6, 6.07) is 18.5. The predicted octanol–water partition coefficient (Wildman–Crippen LogP) is 5.28. The highest BCUT2D eigenvalue weighted by molar-refractivity contribution is 9.10. The molecular weight excluding hydrogens is 530 g/mol. The highest BCUT2D eigenvalue weighted by Gasteiger charge is 2.14. The number of ether oxygens (including phenoxy) is 2. The number of amides is 2. The van der Waals surface area contributed by atoms with E-state index in [4.69, 9.17) is 21.7 Å². The lowest BCUT2D eigenvalue weighted by molar-refractivity contribution is -0.123. The second-order valence-corrected chi connectivity index (χ2v) is 8.95. The lowest BCUT2D eigenvalue weighted by Gasteiger charge is -2.14. The maximum absolute atomic E-state index is 12.6. The first kappa shape index (κ1) is 26.4. The van der Waals surface area contributed by atoms with Crippen LogP contribution in [0.4, 0.5) is 0 Å². The first-order chi connectivity index (χ1) is 17.0. The summed E-state index contributed by atoms with van der Waals surface area (Å²) in [5, 5.41) is 4.54. The largest absolute Gasteiger partial charge is 0.493 e. The van der Waals surface area contributed by atoms with E-state index in [1.807, 2.05) is 36.4 Å². The van der Waals surface area contributed by atoms with Gasteiger partial charge in [-0.2, -0.15) is 0 Å². The minimum Gasteiger partial charge on any atom is -0.493 e. The molecule has 0 radical (unpaired) electrons. The van der Waals surface area contributed by atoms with Gasteiger partial charge in [0, 0.05) is 0 Å². The molecule has 0 atom stereocenters. The number of nitrogens with one attached hydrogen (secondary N) is 3. The van der Waals surface area contributed by atoms with Crippen molar-refractivity contribution >= 4 is 55.8 Å². The number of carbonyl (C=O) groups is 2. The van der Waals surface area contributed by atoms with Gasteiger partial charge in [-0.15, -0.1) is 0 Å². The molecule has 0 spiro atoms. The molecule has 3 aromatic rings. The number of hydrogen-bond acceptors (Lipinski definition) is 5. The second kappa shape index (κ2) is 13.7. The molecule has 0 saturated heterocycles. The van der Waals surface area contributed by atoms with Crippen LogP contribution in [0, 0.1) is 0 Å². The Morgan fingerprint density at radius 3 is 2.49 bits per heavy atom. The molecule has 2 amide bonds. The van der Waals surface area contributed by atoms with Gasteiger partial charge in [0.05, 0.1) is 16.6 Å². The molecule has 184 valence electrons. The number of carbonyl (C=O) groups excluding carboxylic acids is 2. The molecule has 0 aromatic heterocycles. The molecule has 0 saturated carbocycles. The fourth-order valence-electron chi connectivity index (χ4n) is 3.32. The van der Waals surface area contributed by atoms with E-state index in [-0.39, 0.29) is 11.7 Å². The first-order valence-electron chi connectivity index (χ1n) is 11.4. The number of unbranched alkanes of at least 4 members (excludes halogenated alkanes) is 3. The summed E-state index contributed by atoms with van der Waals surface area (Å²) < 4.78 is 12.2. The monoisotopic (exact) mass is 557 g/mol. The van der Waals surface area contributed by atoms with Crippen molar-refractivity contribution in [1.82, 2.24) is 16.2 Å². The Labute approximate surface area is 218 Å². The normalized spacial score (nSPS) is 10.5. The number of hydrogen-bond donors (Lipinski definition) is 3. The quantitative estimate of drug-likeness (QED) is 0.178. The van der Waals surface area contributed by atoms with E-state index < -0.39 is 11.8 Å². The first-order valence-corrected chi connectivity index (χ1v) is 12.6. The van der Waals surface area contributed by atoms with Crippen LogP contribution in [-0.4, -0.2) is 30.1 Å². The number of para-hydroxylation sites is 1. The zero-order valence-electron chi connectivity index (χ0n) is 19.4. The molecule has 9 heteroatoms. The summed E-state index contributed by atoms with van der Waals surface area (Å²) in [5.41, 5.74) is 5.30. The number of fused-ring (bicyclic) bond motifs is 1. The Hall–Kier alpha value is -3.17. The molecule has 3 aromatic carbocycles. The number of rotatable bonds is 10. The molecular formula is C26H28BrN3O4S. The Morgan fingerprint density at radius 2 is 1.66 bits per heavy atom. The van der Waals surface area contributed by atoms with Crippen LogP contribution in [0.1, 0.15) is 43.0 Å². The van der Waals surface area contributed by atoms with Gasteiger partial charge in [-0.25, -0.2) is 0 Å². The minimum absolute atomic E-state index is 0.0482. The second-order valence-electron chi connectivity index (χ2n) is 7.75. The molecule has 35 heavy (non-hydrogen) atoms. The van der Waals surface area contributed by atoms with Gasteiger partial charge < -0.3 is 9.47 Å². The van der Waals surface area contributed by atoms with Gasteiger partial charge in [-0.05, 0) is 63.5 Å². The van der Waals surface area contributed by atoms with Crippen LogP contribution in [0.15, 0.2) is 65.1 Å².